The van der Waals surface area contributed by atoms with Crippen molar-refractivity contribution in [3.8, 4) is 5.75 Å². The maximum atomic E-state index is 13.5. The van der Waals surface area contributed by atoms with E-state index >= 15 is 0 Å². The molecule has 0 radical (unpaired) electrons. The molecule has 2 N–H and O–H groups in total. The first-order chi connectivity index (χ1) is 7.61. The third-order valence-corrected chi connectivity index (χ3v) is 2.52. The molecule has 0 aliphatic carbocycles. The Morgan fingerprint density at radius 2 is 2.12 bits per heavy atom. The van der Waals surface area contributed by atoms with Gasteiger partial charge in [-0.05, 0) is 18.6 Å². The van der Waals surface area contributed by atoms with E-state index in [4.69, 9.17) is 16.3 Å². The monoisotopic (exact) mass is 248 g/mol. The molecule has 0 saturated heterocycles. The number of alkyl halides is 1. The zero-order chi connectivity index (χ0) is 12.1. The summed E-state index contributed by atoms with van der Waals surface area (Å²) >= 11 is 5.45. The highest BCUT2D eigenvalue weighted by Crippen LogP contribution is 2.30. The number of aliphatic hydroxyl groups is 2. The molecule has 1 aromatic carbocycles. The maximum absolute atomic E-state index is 13.5. The third kappa shape index (κ3) is 2.84. The minimum Gasteiger partial charge on any atom is -0.496 e. The van der Waals surface area contributed by atoms with Crippen molar-refractivity contribution in [1.29, 1.82) is 0 Å². The molecular weight excluding hydrogens is 235 g/mol. The van der Waals surface area contributed by atoms with E-state index in [0.717, 1.165) is 0 Å². The lowest BCUT2D eigenvalue weighted by Crippen LogP contribution is -2.20. The van der Waals surface area contributed by atoms with Crippen LogP contribution in [0.4, 0.5) is 4.39 Å². The number of hydrogen-bond donors (Lipinski definition) is 2. The Bertz CT molecular complexity index is 346. The summed E-state index contributed by atoms with van der Waals surface area (Å²) in [5.74, 6) is -0.212. The Morgan fingerprint density at radius 1 is 1.44 bits per heavy atom. The smallest absolute Gasteiger partial charge is 0.132 e. The normalized spacial score (nSPS) is 14.6. The highest BCUT2D eigenvalue weighted by Gasteiger charge is 2.24. The lowest BCUT2D eigenvalue weighted by atomic mass is 10.0. The average Bonchev–Trinajstić information content (AvgIpc) is 2.28. The third-order valence-electron chi connectivity index (χ3n) is 2.30. The van der Waals surface area contributed by atoms with Gasteiger partial charge in [0.25, 0.3) is 0 Å². The van der Waals surface area contributed by atoms with Crippen LogP contribution in [-0.4, -0.2) is 29.3 Å². The lowest BCUT2D eigenvalue weighted by molar-refractivity contribution is 0.0135. The van der Waals surface area contributed by atoms with E-state index < -0.39 is 18.0 Å². The molecule has 2 unspecified atom stereocenters. The minimum absolute atomic E-state index is 0.0392. The van der Waals surface area contributed by atoms with Crippen LogP contribution in [0.25, 0.3) is 0 Å². The van der Waals surface area contributed by atoms with Gasteiger partial charge in [0.05, 0.1) is 18.8 Å². The Balaban J connectivity index is 3.01. The second-order valence-electron chi connectivity index (χ2n) is 3.35. The highest BCUT2D eigenvalue weighted by molar-refractivity contribution is 6.17. The van der Waals surface area contributed by atoms with E-state index in [1.165, 1.54) is 25.3 Å². The van der Waals surface area contributed by atoms with Crippen LogP contribution in [-0.2, 0) is 0 Å². The number of hydrogen-bond acceptors (Lipinski definition) is 3. The molecule has 0 saturated carbocycles. The molecule has 2 atom stereocenters. The van der Waals surface area contributed by atoms with Crippen molar-refractivity contribution < 1.29 is 19.3 Å². The van der Waals surface area contributed by atoms with Gasteiger partial charge in [-0.1, -0.05) is 6.07 Å². The molecule has 0 heterocycles. The molecule has 0 aromatic heterocycles. The molecule has 1 aromatic rings. The predicted octanol–water partition coefficient (Wildman–Crippen LogP) is 1.86. The molecular formula is C11H14ClFO3. The molecule has 0 fully saturated rings. The van der Waals surface area contributed by atoms with Crippen LogP contribution in [0.15, 0.2) is 18.2 Å². The van der Waals surface area contributed by atoms with Crippen molar-refractivity contribution in [3.63, 3.8) is 0 Å². The summed E-state index contributed by atoms with van der Waals surface area (Å²) in [5, 5.41) is 19.3. The fourth-order valence-corrected chi connectivity index (χ4v) is 1.67. The first kappa shape index (κ1) is 13.2. The van der Waals surface area contributed by atoms with Crippen molar-refractivity contribution in [2.75, 3.05) is 13.0 Å². The van der Waals surface area contributed by atoms with Crippen LogP contribution in [0, 0.1) is 5.82 Å². The van der Waals surface area contributed by atoms with E-state index in [0.29, 0.717) is 0 Å². The molecule has 5 heteroatoms. The van der Waals surface area contributed by atoms with E-state index in [2.05, 4.69) is 0 Å². The molecule has 0 spiro atoms. The molecule has 3 nitrogen and oxygen atoms in total. The van der Waals surface area contributed by atoms with Gasteiger partial charge in [0.1, 0.15) is 17.7 Å². The molecule has 0 aliphatic heterocycles. The molecule has 0 aliphatic rings. The molecule has 0 amide bonds. The highest BCUT2D eigenvalue weighted by atomic mass is 35.5. The summed E-state index contributed by atoms with van der Waals surface area (Å²) in [6.45, 7) is 0. The van der Waals surface area contributed by atoms with Crippen LogP contribution < -0.4 is 4.74 Å². The van der Waals surface area contributed by atoms with Gasteiger partial charge in [0.15, 0.2) is 0 Å². The molecule has 1 rings (SSSR count). The number of ether oxygens (including phenoxy) is 1. The van der Waals surface area contributed by atoms with Crippen molar-refractivity contribution in [2.45, 2.75) is 18.6 Å². The minimum atomic E-state index is -1.34. The van der Waals surface area contributed by atoms with Crippen molar-refractivity contribution >= 4 is 11.6 Å². The van der Waals surface area contributed by atoms with Gasteiger partial charge in [-0.3, -0.25) is 0 Å². The van der Waals surface area contributed by atoms with Gasteiger partial charge in [0, 0.05) is 5.88 Å². The van der Waals surface area contributed by atoms with Gasteiger partial charge in [0.2, 0.25) is 0 Å². The van der Waals surface area contributed by atoms with Gasteiger partial charge < -0.3 is 14.9 Å². The lowest BCUT2D eigenvalue weighted by Gasteiger charge is -2.19. The number of methoxy groups -OCH3 is 1. The quantitative estimate of drug-likeness (QED) is 0.782. The Labute approximate surface area is 98.4 Å². The summed E-state index contributed by atoms with van der Waals surface area (Å²) in [6, 6.07) is 4.20. The van der Waals surface area contributed by atoms with Crippen molar-refractivity contribution in [1.82, 2.24) is 0 Å². The fraction of sp³-hybridized carbons (Fsp3) is 0.455. The maximum Gasteiger partial charge on any atom is 0.132 e. The Hall–Kier alpha value is -0.840. The van der Waals surface area contributed by atoms with E-state index in [9.17, 15) is 14.6 Å². The second kappa shape index (κ2) is 6.03. The topological polar surface area (TPSA) is 49.7 Å². The first-order valence-corrected chi connectivity index (χ1v) is 5.39. The van der Waals surface area contributed by atoms with Gasteiger partial charge >= 0.3 is 0 Å². The van der Waals surface area contributed by atoms with Gasteiger partial charge in [-0.2, -0.15) is 0 Å². The average molecular weight is 249 g/mol. The fourth-order valence-electron chi connectivity index (χ4n) is 1.44. The Morgan fingerprint density at radius 3 is 2.69 bits per heavy atom. The van der Waals surface area contributed by atoms with Gasteiger partial charge in [-0.25, -0.2) is 4.39 Å². The van der Waals surface area contributed by atoms with Gasteiger partial charge in [-0.15, -0.1) is 11.6 Å². The predicted molar refractivity (Wildman–Crippen MR) is 59.3 cm³/mol. The van der Waals surface area contributed by atoms with E-state index in [1.54, 1.807) is 0 Å². The van der Waals surface area contributed by atoms with Crippen molar-refractivity contribution in [2.24, 2.45) is 0 Å². The second-order valence-corrected chi connectivity index (χ2v) is 3.72. The van der Waals surface area contributed by atoms with Crippen LogP contribution >= 0.6 is 11.6 Å². The summed E-state index contributed by atoms with van der Waals surface area (Å²) in [6.07, 6.45) is -2.27. The zero-order valence-corrected chi connectivity index (χ0v) is 9.62. The summed E-state index contributed by atoms with van der Waals surface area (Å²) in [4.78, 5) is 0. The summed E-state index contributed by atoms with van der Waals surface area (Å²) in [5.41, 5.74) is -0.0392. The summed E-state index contributed by atoms with van der Waals surface area (Å²) < 4.78 is 18.4. The van der Waals surface area contributed by atoms with Crippen molar-refractivity contribution in [3.05, 3.63) is 29.6 Å². The summed E-state index contributed by atoms with van der Waals surface area (Å²) in [7, 11) is 1.37. The van der Waals surface area contributed by atoms with Crippen LogP contribution in [0.2, 0.25) is 0 Å². The zero-order valence-electron chi connectivity index (χ0n) is 8.86. The van der Waals surface area contributed by atoms with E-state index in [1.807, 2.05) is 0 Å². The van der Waals surface area contributed by atoms with E-state index in [-0.39, 0.29) is 23.6 Å². The Kier molecular flexibility index (Phi) is 4.99. The number of rotatable bonds is 5. The van der Waals surface area contributed by atoms with Crippen LogP contribution in [0.5, 0.6) is 5.75 Å². The first-order valence-electron chi connectivity index (χ1n) is 4.86. The number of aliphatic hydroxyl groups excluding tert-OH is 2. The standard InChI is InChI=1S/C11H14ClFO3/c1-16-9-4-2-3-7(13)10(9)11(15)8(14)5-6-12/h2-4,8,11,14-15H,5-6H2,1H3. The molecule has 90 valence electrons. The SMILES string of the molecule is COc1cccc(F)c1C(O)C(O)CCCl. The molecule has 16 heavy (non-hydrogen) atoms. The number of benzene rings is 1. The van der Waals surface area contributed by atoms with Crippen LogP contribution in [0.1, 0.15) is 18.1 Å². The number of halogens is 2. The van der Waals surface area contributed by atoms with Crippen LogP contribution in [0.3, 0.4) is 0 Å². The molecule has 0 bridgehead atoms. The largest absolute Gasteiger partial charge is 0.496 e.